The van der Waals surface area contributed by atoms with Crippen LogP contribution >= 0.6 is 11.5 Å². The molecule has 0 unspecified atom stereocenters. The summed E-state index contributed by atoms with van der Waals surface area (Å²) in [6.45, 7) is 6.59. The lowest BCUT2D eigenvalue weighted by Crippen LogP contribution is -2.30. The maximum Gasteiger partial charge on any atom is 0.277 e. The molecule has 0 aliphatic rings. The molecular formula is C14H16N2OS. The van der Waals surface area contributed by atoms with Crippen molar-refractivity contribution in [2.24, 2.45) is 0 Å². The predicted octanol–water partition coefficient (Wildman–Crippen LogP) is 3.43. The lowest BCUT2D eigenvalue weighted by atomic mass is 10.2. The van der Waals surface area contributed by atoms with Gasteiger partial charge in [0.05, 0.1) is 0 Å². The van der Waals surface area contributed by atoms with Crippen molar-refractivity contribution in [3.63, 3.8) is 0 Å². The first kappa shape index (κ1) is 12.8. The van der Waals surface area contributed by atoms with Crippen molar-refractivity contribution in [2.75, 3.05) is 11.4 Å². The first-order chi connectivity index (χ1) is 8.61. The zero-order valence-electron chi connectivity index (χ0n) is 10.8. The van der Waals surface area contributed by atoms with Gasteiger partial charge in [-0.15, -0.1) is 0 Å². The minimum Gasteiger partial charge on any atom is -0.307 e. The van der Waals surface area contributed by atoms with Gasteiger partial charge in [-0.3, -0.25) is 4.79 Å². The largest absolute Gasteiger partial charge is 0.307 e. The number of carbonyl (C=O) groups is 1. The van der Waals surface area contributed by atoms with Gasteiger partial charge in [-0.05, 0) is 56.1 Å². The monoisotopic (exact) mass is 260 g/mol. The standard InChI is InChI=1S/C14H16N2OS/c1-4-16(12-7-5-6-10(2)8-12)14(17)13-9-11(3)18-15-13/h5-9H,4H2,1-3H3. The van der Waals surface area contributed by atoms with Gasteiger partial charge in [-0.25, -0.2) is 0 Å². The number of hydrogen-bond donors (Lipinski definition) is 0. The van der Waals surface area contributed by atoms with Crippen LogP contribution in [0.3, 0.4) is 0 Å². The van der Waals surface area contributed by atoms with Crippen LogP contribution in [0.5, 0.6) is 0 Å². The van der Waals surface area contributed by atoms with Gasteiger partial charge in [0.1, 0.15) is 5.69 Å². The topological polar surface area (TPSA) is 33.2 Å². The fraction of sp³-hybridized carbons (Fsp3) is 0.286. The Morgan fingerprint density at radius 3 is 2.67 bits per heavy atom. The van der Waals surface area contributed by atoms with Gasteiger partial charge in [0.15, 0.2) is 0 Å². The molecule has 94 valence electrons. The summed E-state index contributed by atoms with van der Waals surface area (Å²) in [6, 6.07) is 9.79. The van der Waals surface area contributed by atoms with Crippen LogP contribution in [0.2, 0.25) is 0 Å². The van der Waals surface area contributed by atoms with Crippen molar-refractivity contribution in [3.05, 3.63) is 46.5 Å². The zero-order chi connectivity index (χ0) is 13.1. The summed E-state index contributed by atoms with van der Waals surface area (Å²) in [5.41, 5.74) is 2.60. The lowest BCUT2D eigenvalue weighted by molar-refractivity contribution is 0.0984. The average molecular weight is 260 g/mol. The molecular weight excluding hydrogens is 244 g/mol. The molecule has 0 bridgehead atoms. The average Bonchev–Trinajstić information content (AvgIpc) is 2.77. The van der Waals surface area contributed by atoms with E-state index in [0.717, 1.165) is 16.1 Å². The van der Waals surface area contributed by atoms with Crippen molar-refractivity contribution in [1.82, 2.24) is 4.37 Å². The first-order valence-corrected chi connectivity index (χ1v) is 6.71. The molecule has 0 fully saturated rings. The van der Waals surface area contributed by atoms with E-state index < -0.39 is 0 Å². The Bertz CT molecular complexity index is 562. The molecule has 0 saturated carbocycles. The second-order valence-electron chi connectivity index (χ2n) is 4.21. The third-order valence-electron chi connectivity index (χ3n) is 2.72. The van der Waals surface area contributed by atoms with Crippen LogP contribution in [0.15, 0.2) is 30.3 Å². The maximum absolute atomic E-state index is 12.4. The number of aryl methyl sites for hydroxylation is 2. The fourth-order valence-corrected chi connectivity index (χ4v) is 2.38. The number of nitrogens with zero attached hydrogens (tertiary/aromatic N) is 2. The summed E-state index contributed by atoms with van der Waals surface area (Å²) < 4.78 is 4.18. The number of anilines is 1. The van der Waals surface area contributed by atoms with Crippen molar-refractivity contribution >= 4 is 23.1 Å². The van der Waals surface area contributed by atoms with Crippen LogP contribution in [-0.4, -0.2) is 16.8 Å². The van der Waals surface area contributed by atoms with Crippen LogP contribution in [0.1, 0.15) is 27.9 Å². The highest BCUT2D eigenvalue weighted by molar-refractivity contribution is 7.05. The second kappa shape index (κ2) is 5.31. The van der Waals surface area contributed by atoms with Crippen LogP contribution < -0.4 is 4.90 Å². The molecule has 0 spiro atoms. The third kappa shape index (κ3) is 2.59. The molecule has 1 amide bonds. The highest BCUT2D eigenvalue weighted by Gasteiger charge is 2.18. The van der Waals surface area contributed by atoms with Crippen molar-refractivity contribution in [3.8, 4) is 0 Å². The fourth-order valence-electron chi connectivity index (χ4n) is 1.84. The zero-order valence-corrected chi connectivity index (χ0v) is 11.6. The van der Waals surface area contributed by atoms with E-state index in [1.54, 1.807) is 4.90 Å². The summed E-state index contributed by atoms with van der Waals surface area (Å²) in [7, 11) is 0. The van der Waals surface area contributed by atoms with E-state index in [2.05, 4.69) is 4.37 Å². The first-order valence-electron chi connectivity index (χ1n) is 5.93. The Morgan fingerprint density at radius 2 is 2.11 bits per heavy atom. The molecule has 0 atom stereocenters. The van der Waals surface area contributed by atoms with E-state index >= 15 is 0 Å². The van der Waals surface area contributed by atoms with E-state index in [-0.39, 0.29) is 5.91 Å². The molecule has 1 aromatic carbocycles. The molecule has 1 heterocycles. The highest BCUT2D eigenvalue weighted by Crippen LogP contribution is 2.19. The van der Waals surface area contributed by atoms with E-state index in [9.17, 15) is 4.79 Å². The lowest BCUT2D eigenvalue weighted by Gasteiger charge is -2.20. The minimum absolute atomic E-state index is 0.0348. The number of amides is 1. The molecule has 0 radical (unpaired) electrons. The molecule has 0 aliphatic carbocycles. The molecule has 2 rings (SSSR count). The molecule has 3 nitrogen and oxygen atoms in total. The van der Waals surface area contributed by atoms with Gasteiger partial charge < -0.3 is 4.90 Å². The Morgan fingerprint density at radius 1 is 1.33 bits per heavy atom. The van der Waals surface area contributed by atoms with E-state index in [1.807, 2.05) is 51.1 Å². The SMILES string of the molecule is CCN(C(=O)c1cc(C)sn1)c1cccc(C)c1. The minimum atomic E-state index is -0.0348. The van der Waals surface area contributed by atoms with E-state index in [0.29, 0.717) is 12.2 Å². The molecule has 1 aromatic heterocycles. The van der Waals surface area contributed by atoms with Gasteiger partial charge in [-0.1, -0.05) is 12.1 Å². The van der Waals surface area contributed by atoms with E-state index in [4.69, 9.17) is 0 Å². The van der Waals surface area contributed by atoms with Gasteiger partial charge in [0, 0.05) is 17.1 Å². The van der Waals surface area contributed by atoms with Gasteiger partial charge >= 0.3 is 0 Å². The number of aromatic nitrogens is 1. The van der Waals surface area contributed by atoms with Crippen LogP contribution in [-0.2, 0) is 0 Å². The second-order valence-corrected chi connectivity index (χ2v) is 5.22. The van der Waals surface area contributed by atoms with E-state index in [1.165, 1.54) is 11.5 Å². The smallest absolute Gasteiger partial charge is 0.277 e. The third-order valence-corrected chi connectivity index (χ3v) is 3.42. The van der Waals surface area contributed by atoms with Crippen molar-refractivity contribution < 1.29 is 4.79 Å². The normalized spacial score (nSPS) is 10.4. The predicted molar refractivity (Wildman–Crippen MR) is 75.4 cm³/mol. The van der Waals surface area contributed by atoms with Gasteiger partial charge in [-0.2, -0.15) is 4.37 Å². The molecule has 0 N–H and O–H groups in total. The van der Waals surface area contributed by atoms with Gasteiger partial charge in [0.25, 0.3) is 5.91 Å². The summed E-state index contributed by atoms with van der Waals surface area (Å²) in [5.74, 6) is -0.0348. The number of rotatable bonds is 3. The Labute approximate surface area is 111 Å². The molecule has 2 aromatic rings. The molecule has 0 saturated heterocycles. The quantitative estimate of drug-likeness (QED) is 0.847. The van der Waals surface area contributed by atoms with Crippen LogP contribution in [0.25, 0.3) is 0 Å². The number of hydrogen-bond acceptors (Lipinski definition) is 3. The highest BCUT2D eigenvalue weighted by atomic mass is 32.1. The van der Waals surface area contributed by atoms with Crippen LogP contribution in [0, 0.1) is 13.8 Å². The summed E-state index contributed by atoms with van der Waals surface area (Å²) in [6.07, 6.45) is 0. The molecule has 4 heteroatoms. The number of benzene rings is 1. The maximum atomic E-state index is 12.4. The van der Waals surface area contributed by atoms with Gasteiger partial charge in [0.2, 0.25) is 0 Å². The summed E-state index contributed by atoms with van der Waals surface area (Å²) >= 11 is 1.36. The summed E-state index contributed by atoms with van der Waals surface area (Å²) in [4.78, 5) is 15.2. The Kier molecular flexibility index (Phi) is 3.77. The summed E-state index contributed by atoms with van der Waals surface area (Å²) in [5, 5.41) is 0. The molecule has 18 heavy (non-hydrogen) atoms. The number of carbonyl (C=O) groups excluding carboxylic acids is 1. The van der Waals surface area contributed by atoms with Crippen LogP contribution in [0.4, 0.5) is 5.69 Å². The molecule has 0 aliphatic heterocycles. The Balaban J connectivity index is 2.31. The Hall–Kier alpha value is -1.68. The van der Waals surface area contributed by atoms with Crippen molar-refractivity contribution in [1.29, 1.82) is 0 Å². The van der Waals surface area contributed by atoms with Crippen molar-refractivity contribution in [2.45, 2.75) is 20.8 Å².